The molecule has 0 aromatic heterocycles. The second-order valence-electron chi connectivity index (χ2n) is 4.07. The Morgan fingerprint density at radius 2 is 1.94 bits per heavy atom. The molecule has 1 aromatic rings. The largest absolute Gasteiger partial charge is 0.371 e. The summed E-state index contributed by atoms with van der Waals surface area (Å²) in [6.07, 6.45) is -0.268. The molecule has 0 saturated carbocycles. The molecule has 0 N–H and O–H groups in total. The Morgan fingerprint density at radius 3 is 2.47 bits per heavy atom. The van der Waals surface area contributed by atoms with Gasteiger partial charge in [0.2, 0.25) is 0 Å². The van der Waals surface area contributed by atoms with Crippen LogP contribution in [-0.4, -0.2) is 30.9 Å². The van der Waals surface area contributed by atoms with Gasteiger partial charge in [-0.15, -0.1) is 0 Å². The maximum atomic E-state index is 11.4. The molecule has 0 radical (unpaired) electrons. The number of benzene rings is 1. The highest BCUT2D eigenvalue weighted by atomic mass is 79.9. The summed E-state index contributed by atoms with van der Waals surface area (Å²) in [7, 11) is -2.95. The Kier molecular flexibility index (Phi) is 4.13. The minimum atomic E-state index is -2.95. The second-order valence-corrected chi connectivity index (χ2v) is 7.84. The van der Waals surface area contributed by atoms with E-state index in [1.807, 2.05) is 12.1 Å². The SMILES string of the molecule is O=S1(=O)CC(Br)C(OCc2ccc(Cl)cc2)C1. The fourth-order valence-electron chi connectivity index (χ4n) is 1.71. The van der Waals surface area contributed by atoms with E-state index < -0.39 is 9.84 Å². The van der Waals surface area contributed by atoms with Crippen molar-refractivity contribution in [2.24, 2.45) is 0 Å². The van der Waals surface area contributed by atoms with Gasteiger partial charge in [0.15, 0.2) is 9.84 Å². The van der Waals surface area contributed by atoms with Crippen molar-refractivity contribution in [3.8, 4) is 0 Å². The standard InChI is InChI=1S/C11H12BrClO3S/c12-10-6-17(14,15)7-11(10)16-5-8-1-3-9(13)4-2-8/h1-4,10-11H,5-7H2. The summed E-state index contributed by atoms with van der Waals surface area (Å²) in [5.74, 6) is 0.245. The highest BCUT2D eigenvalue weighted by Gasteiger charge is 2.36. The predicted octanol–water partition coefficient (Wildman–Crippen LogP) is 2.42. The molecule has 0 bridgehead atoms. The van der Waals surface area contributed by atoms with Crippen molar-refractivity contribution < 1.29 is 13.2 Å². The molecule has 1 fully saturated rings. The average Bonchev–Trinajstić information content (AvgIpc) is 2.51. The lowest BCUT2D eigenvalue weighted by Gasteiger charge is -2.13. The highest BCUT2D eigenvalue weighted by molar-refractivity contribution is 9.09. The van der Waals surface area contributed by atoms with E-state index in [1.54, 1.807) is 12.1 Å². The Morgan fingerprint density at radius 1 is 1.29 bits per heavy atom. The molecule has 2 rings (SSSR count). The molecular formula is C11H12BrClO3S. The van der Waals surface area contributed by atoms with Crippen LogP contribution in [0.4, 0.5) is 0 Å². The van der Waals surface area contributed by atoms with Crippen molar-refractivity contribution in [2.45, 2.75) is 17.5 Å². The van der Waals surface area contributed by atoms with E-state index in [0.29, 0.717) is 11.6 Å². The fourth-order valence-corrected chi connectivity index (χ4v) is 5.30. The smallest absolute Gasteiger partial charge is 0.154 e. The van der Waals surface area contributed by atoms with Crippen molar-refractivity contribution >= 4 is 37.4 Å². The molecule has 6 heteroatoms. The summed E-state index contributed by atoms with van der Waals surface area (Å²) < 4.78 is 28.4. The molecule has 1 aliphatic heterocycles. The van der Waals surface area contributed by atoms with Crippen molar-refractivity contribution in [2.75, 3.05) is 11.5 Å². The Hall–Kier alpha value is -0.100. The van der Waals surface area contributed by atoms with Crippen molar-refractivity contribution in [3.05, 3.63) is 34.9 Å². The van der Waals surface area contributed by atoms with Crippen molar-refractivity contribution in [1.29, 1.82) is 0 Å². The van der Waals surface area contributed by atoms with Gasteiger partial charge in [0.05, 0.1) is 29.0 Å². The monoisotopic (exact) mass is 338 g/mol. The predicted molar refractivity (Wildman–Crippen MR) is 71.4 cm³/mol. The summed E-state index contributed by atoms with van der Waals surface area (Å²) in [6.45, 7) is 0.402. The second kappa shape index (κ2) is 5.26. The zero-order chi connectivity index (χ0) is 12.5. The van der Waals surface area contributed by atoms with Gasteiger partial charge in [0.25, 0.3) is 0 Å². The third-order valence-corrected chi connectivity index (χ3v) is 5.91. The van der Waals surface area contributed by atoms with Gasteiger partial charge in [-0.25, -0.2) is 8.42 Å². The van der Waals surface area contributed by atoms with E-state index in [9.17, 15) is 8.42 Å². The van der Waals surface area contributed by atoms with Crippen molar-refractivity contribution in [1.82, 2.24) is 0 Å². The third kappa shape index (κ3) is 3.68. The molecule has 0 spiro atoms. The Bertz CT molecular complexity index is 486. The summed E-state index contributed by atoms with van der Waals surface area (Å²) in [5, 5.41) is 0.676. The van der Waals surface area contributed by atoms with Gasteiger partial charge in [-0.3, -0.25) is 0 Å². The van der Waals surface area contributed by atoms with E-state index in [2.05, 4.69) is 15.9 Å². The van der Waals surface area contributed by atoms with Gasteiger partial charge in [-0.2, -0.15) is 0 Å². The number of hydrogen-bond donors (Lipinski definition) is 0. The van der Waals surface area contributed by atoms with Gasteiger partial charge in [-0.05, 0) is 17.7 Å². The summed E-state index contributed by atoms with van der Waals surface area (Å²) in [4.78, 5) is -0.111. The maximum absolute atomic E-state index is 11.4. The van der Waals surface area contributed by atoms with Gasteiger partial charge in [0, 0.05) is 5.02 Å². The van der Waals surface area contributed by atoms with E-state index >= 15 is 0 Å². The molecular weight excluding hydrogens is 328 g/mol. The lowest BCUT2D eigenvalue weighted by molar-refractivity contribution is 0.0625. The lowest BCUT2D eigenvalue weighted by atomic mass is 10.2. The van der Waals surface area contributed by atoms with E-state index in [1.165, 1.54) is 0 Å². The minimum Gasteiger partial charge on any atom is -0.371 e. The first-order valence-corrected chi connectivity index (χ1v) is 8.28. The van der Waals surface area contributed by atoms with Crippen LogP contribution in [0.3, 0.4) is 0 Å². The van der Waals surface area contributed by atoms with Crippen LogP contribution in [0.5, 0.6) is 0 Å². The van der Waals surface area contributed by atoms with E-state index in [0.717, 1.165) is 5.56 Å². The van der Waals surface area contributed by atoms with Gasteiger partial charge in [-0.1, -0.05) is 39.7 Å². The molecule has 1 aromatic carbocycles. The van der Waals surface area contributed by atoms with Gasteiger partial charge >= 0.3 is 0 Å². The van der Waals surface area contributed by atoms with Gasteiger partial charge < -0.3 is 4.74 Å². The zero-order valence-electron chi connectivity index (χ0n) is 8.97. The number of halogens is 2. The normalized spacial score (nSPS) is 27.2. The molecule has 1 saturated heterocycles. The van der Waals surface area contributed by atoms with Crippen LogP contribution in [0.15, 0.2) is 24.3 Å². The molecule has 1 aliphatic rings. The van der Waals surface area contributed by atoms with Gasteiger partial charge in [0.1, 0.15) is 0 Å². The van der Waals surface area contributed by atoms with Crippen molar-refractivity contribution in [3.63, 3.8) is 0 Å². The number of alkyl halides is 1. The van der Waals surface area contributed by atoms with Crippen LogP contribution in [0.2, 0.25) is 5.02 Å². The molecule has 94 valence electrons. The molecule has 2 unspecified atom stereocenters. The Balaban J connectivity index is 1.93. The zero-order valence-corrected chi connectivity index (χ0v) is 12.1. The van der Waals surface area contributed by atoms with Crippen LogP contribution in [0.1, 0.15) is 5.56 Å². The summed E-state index contributed by atoms with van der Waals surface area (Å²) in [6, 6.07) is 7.32. The lowest BCUT2D eigenvalue weighted by Crippen LogP contribution is -2.22. The Labute approximate surface area is 114 Å². The molecule has 2 atom stereocenters. The molecule has 3 nitrogen and oxygen atoms in total. The summed E-state index contributed by atoms with van der Waals surface area (Å²) >= 11 is 9.11. The van der Waals surface area contributed by atoms with Crippen LogP contribution < -0.4 is 0 Å². The third-order valence-electron chi connectivity index (χ3n) is 2.61. The molecule has 1 heterocycles. The topological polar surface area (TPSA) is 43.4 Å². The quantitative estimate of drug-likeness (QED) is 0.794. The van der Waals surface area contributed by atoms with E-state index in [4.69, 9.17) is 16.3 Å². The first kappa shape index (κ1) is 13.3. The first-order valence-electron chi connectivity index (χ1n) is 5.17. The number of ether oxygens (including phenoxy) is 1. The van der Waals surface area contributed by atoms with E-state index in [-0.39, 0.29) is 22.4 Å². The first-order chi connectivity index (χ1) is 7.96. The van der Waals surface area contributed by atoms with Crippen LogP contribution in [-0.2, 0) is 21.2 Å². The summed E-state index contributed by atoms with van der Waals surface area (Å²) in [5.41, 5.74) is 0.985. The number of hydrogen-bond acceptors (Lipinski definition) is 3. The number of rotatable bonds is 3. The van der Waals surface area contributed by atoms with Crippen LogP contribution in [0.25, 0.3) is 0 Å². The highest BCUT2D eigenvalue weighted by Crippen LogP contribution is 2.23. The minimum absolute atomic E-state index is 0.0938. The number of sulfone groups is 1. The maximum Gasteiger partial charge on any atom is 0.154 e. The average molecular weight is 340 g/mol. The molecule has 0 amide bonds. The van der Waals surface area contributed by atoms with Crippen LogP contribution in [0, 0.1) is 0 Å². The molecule has 17 heavy (non-hydrogen) atoms. The van der Waals surface area contributed by atoms with Crippen LogP contribution >= 0.6 is 27.5 Å². The fraction of sp³-hybridized carbons (Fsp3) is 0.455. The molecule has 0 aliphatic carbocycles.